The molecule has 0 amide bonds. The van der Waals surface area contributed by atoms with Gasteiger partial charge in [0.2, 0.25) is 0 Å². The molecule has 0 fully saturated rings. The van der Waals surface area contributed by atoms with Gasteiger partial charge in [0.1, 0.15) is 0 Å². The molecular formula is C16H25ClN2O. The van der Waals surface area contributed by atoms with Crippen LogP contribution >= 0.6 is 11.6 Å². The maximum Gasteiger partial charge on any atom is 0.0848 e. The van der Waals surface area contributed by atoms with Crippen LogP contribution in [0.5, 0.6) is 0 Å². The van der Waals surface area contributed by atoms with Gasteiger partial charge in [-0.05, 0) is 45.4 Å². The van der Waals surface area contributed by atoms with Crippen molar-refractivity contribution in [2.24, 2.45) is 11.8 Å². The Morgan fingerprint density at radius 3 is 2.80 bits per heavy atom. The van der Waals surface area contributed by atoms with Crippen molar-refractivity contribution >= 4 is 11.6 Å². The predicted octanol–water partition coefficient (Wildman–Crippen LogP) is 3.76. The number of halogens is 1. The van der Waals surface area contributed by atoms with Crippen LogP contribution in [-0.4, -0.2) is 21.0 Å². The Morgan fingerprint density at radius 1 is 1.50 bits per heavy atom. The molecular weight excluding hydrogens is 272 g/mol. The number of hydrogen-bond acceptors (Lipinski definition) is 2. The largest absolute Gasteiger partial charge is 0.392 e. The fourth-order valence-electron chi connectivity index (χ4n) is 3.32. The van der Waals surface area contributed by atoms with Gasteiger partial charge in [0.15, 0.2) is 0 Å². The van der Waals surface area contributed by atoms with Crippen LogP contribution in [0.15, 0.2) is 11.6 Å². The van der Waals surface area contributed by atoms with Crippen molar-refractivity contribution in [1.29, 1.82) is 0 Å². The van der Waals surface area contributed by atoms with Crippen molar-refractivity contribution < 1.29 is 5.11 Å². The van der Waals surface area contributed by atoms with E-state index in [0.717, 1.165) is 30.8 Å². The van der Waals surface area contributed by atoms with Gasteiger partial charge in [0.05, 0.1) is 22.5 Å². The lowest BCUT2D eigenvalue weighted by Crippen LogP contribution is -2.28. The van der Waals surface area contributed by atoms with Gasteiger partial charge in [-0.15, -0.1) is 0 Å². The van der Waals surface area contributed by atoms with Crippen LogP contribution in [0.25, 0.3) is 0 Å². The maximum absolute atomic E-state index is 10.6. The van der Waals surface area contributed by atoms with E-state index in [9.17, 15) is 5.11 Å². The first-order valence-corrected chi connectivity index (χ1v) is 7.87. The van der Waals surface area contributed by atoms with Gasteiger partial charge >= 0.3 is 0 Å². The van der Waals surface area contributed by atoms with Gasteiger partial charge in [0.25, 0.3) is 0 Å². The third-order valence-corrected chi connectivity index (χ3v) is 4.72. The van der Waals surface area contributed by atoms with E-state index in [-0.39, 0.29) is 6.10 Å². The molecule has 0 saturated heterocycles. The summed E-state index contributed by atoms with van der Waals surface area (Å²) in [5.41, 5.74) is 3.21. The van der Waals surface area contributed by atoms with Crippen molar-refractivity contribution in [3.63, 3.8) is 0 Å². The summed E-state index contributed by atoms with van der Waals surface area (Å²) in [7, 11) is 0. The molecule has 20 heavy (non-hydrogen) atoms. The predicted molar refractivity (Wildman–Crippen MR) is 83.0 cm³/mol. The summed E-state index contributed by atoms with van der Waals surface area (Å²) in [5.74, 6) is 0.878. The van der Waals surface area contributed by atoms with E-state index in [2.05, 4.69) is 25.0 Å². The maximum atomic E-state index is 10.6. The van der Waals surface area contributed by atoms with Gasteiger partial charge in [-0.3, -0.25) is 4.68 Å². The van der Waals surface area contributed by atoms with Crippen LogP contribution in [0.2, 0.25) is 5.02 Å². The zero-order chi connectivity index (χ0) is 14.9. The number of rotatable bonds is 4. The molecule has 2 rings (SSSR count). The van der Waals surface area contributed by atoms with Crippen molar-refractivity contribution in [2.45, 2.75) is 59.6 Å². The van der Waals surface area contributed by atoms with E-state index in [1.54, 1.807) is 0 Å². The fraction of sp³-hybridized carbons (Fsp3) is 0.688. The van der Waals surface area contributed by atoms with Crippen LogP contribution in [-0.2, 0) is 13.0 Å². The number of aliphatic hydroxyl groups excluding tert-OH is 1. The highest BCUT2D eigenvalue weighted by atomic mass is 35.5. The number of allylic oxidation sites excluding steroid dienone is 2. The summed E-state index contributed by atoms with van der Waals surface area (Å²) >= 11 is 6.33. The molecule has 3 unspecified atom stereocenters. The summed E-state index contributed by atoms with van der Waals surface area (Å²) in [5, 5.41) is 15.7. The van der Waals surface area contributed by atoms with Crippen molar-refractivity contribution in [2.75, 3.05) is 0 Å². The van der Waals surface area contributed by atoms with Gasteiger partial charge in [-0.1, -0.05) is 30.2 Å². The standard InChI is InChI=1S/C16H25ClN2O/c1-5-19-14(16(17)12(4)18-19)9-15(20)13-7-10(2)6-11(3)8-13/h6,10,13,15,20H,5,7-9H2,1-4H3. The van der Waals surface area contributed by atoms with Crippen molar-refractivity contribution in [1.82, 2.24) is 9.78 Å². The number of aryl methyl sites for hydroxylation is 2. The molecule has 0 aromatic carbocycles. The van der Waals surface area contributed by atoms with Crippen LogP contribution < -0.4 is 0 Å². The summed E-state index contributed by atoms with van der Waals surface area (Å²) in [6.07, 6.45) is 4.60. The molecule has 3 atom stereocenters. The minimum absolute atomic E-state index is 0.326. The third kappa shape index (κ3) is 3.26. The third-order valence-electron chi connectivity index (χ3n) is 4.23. The molecule has 0 saturated carbocycles. The fourth-order valence-corrected chi connectivity index (χ4v) is 3.53. The first-order chi connectivity index (χ1) is 9.42. The van der Waals surface area contributed by atoms with Crippen molar-refractivity contribution in [3.05, 3.63) is 28.1 Å². The van der Waals surface area contributed by atoms with E-state index in [4.69, 9.17) is 11.6 Å². The highest BCUT2D eigenvalue weighted by Gasteiger charge is 2.27. The molecule has 3 nitrogen and oxygen atoms in total. The Bertz CT molecular complexity index is 507. The molecule has 1 aromatic rings. The molecule has 0 spiro atoms. The quantitative estimate of drug-likeness (QED) is 0.859. The van der Waals surface area contributed by atoms with Crippen LogP contribution in [0.3, 0.4) is 0 Å². The highest BCUT2D eigenvalue weighted by molar-refractivity contribution is 6.31. The Labute approximate surface area is 126 Å². The van der Waals surface area contributed by atoms with E-state index in [0.29, 0.717) is 23.3 Å². The van der Waals surface area contributed by atoms with Gasteiger partial charge in [-0.25, -0.2) is 0 Å². The van der Waals surface area contributed by atoms with Gasteiger partial charge < -0.3 is 5.11 Å². The Kier molecular flexibility index (Phi) is 4.92. The highest BCUT2D eigenvalue weighted by Crippen LogP contribution is 2.32. The van der Waals surface area contributed by atoms with Crippen LogP contribution in [0.1, 0.15) is 45.0 Å². The molecule has 1 aliphatic rings. The molecule has 1 heterocycles. The summed E-state index contributed by atoms with van der Waals surface area (Å²) in [6.45, 7) is 9.13. The molecule has 0 radical (unpaired) electrons. The molecule has 112 valence electrons. The second-order valence-electron chi connectivity index (χ2n) is 6.12. The van der Waals surface area contributed by atoms with Crippen molar-refractivity contribution in [3.8, 4) is 0 Å². The molecule has 0 bridgehead atoms. The van der Waals surface area contributed by atoms with Gasteiger partial charge in [0, 0.05) is 13.0 Å². The number of aliphatic hydroxyl groups is 1. The monoisotopic (exact) mass is 296 g/mol. The average Bonchev–Trinajstić information content (AvgIpc) is 2.65. The Morgan fingerprint density at radius 2 is 2.20 bits per heavy atom. The van der Waals surface area contributed by atoms with Crippen LogP contribution in [0.4, 0.5) is 0 Å². The second kappa shape index (κ2) is 6.31. The number of hydrogen-bond donors (Lipinski definition) is 1. The first kappa shape index (κ1) is 15.6. The SMILES string of the molecule is CCn1nc(C)c(Cl)c1CC(O)C1CC(C)=CC(C)C1. The lowest BCUT2D eigenvalue weighted by molar-refractivity contribution is 0.0913. The summed E-state index contributed by atoms with van der Waals surface area (Å²) in [4.78, 5) is 0. The normalized spacial score (nSPS) is 24.6. The molecule has 4 heteroatoms. The summed E-state index contributed by atoms with van der Waals surface area (Å²) in [6, 6.07) is 0. The number of aromatic nitrogens is 2. The summed E-state index contributed by atoms with van der Waals surface area (Å²) < 4.78 is 1.91. The molecule has 1 aromatic heterocycles. The van der Waals surface area contributed by atoms with Crippen LogP contribution in [0, 0.1) is 18.8 Å². The lowest BCUT2D eigenvalue weighted by atomic mass is 9.79. The molecule has 0 aliphatic heterocycles. The van der Waals surface area contributed by atoms with E-state index < -0.39 is 0 Å². The topological polar surface area (TPSA) is 38.0 Å². The van der Waals surface area contributed by atoms with Gasteiger partial charge in [-0.2, -0.15) is 5.10 Å². The van der Waals surface area contributed by atoms with E-state index in [1.807, 2.05) is 18.5 Å². The first-order valence-electron chi connectivity index (χ1n) is 7.49. The minimum Gasteiger partial charge on any atom is -0.392 e. The lowest BCUT2D eigenvalue weighted by Gasteiger charge is -2.29. The van der Waals surface area contributed by atoms with E-state index >= 15 is 0 Å². The zero-order valence-corrected chi connectivity index (χ0v) is 13.6. The Balaban J connectivity index is 2.12. The molecule has 1 aliphatic carbocycles. The second-order valence-corrected chi connectivity index (χ2v) is 6.50. The molecule has 1 N–H and O–H groups in total. The zero-order valence-electron chi connectivity index (χ0n) is 12.9. The smallest absolute Gasteiger partial charge is 0.0848 e. The average molecular weight is 297 g/mol. The van der Waals surface area contributed by atoms with E-state index in [1.165, 1.54) is 5.57 Å². The number of nitrogens with zero attached hydrogens (tertiary/aromatic N) is 2. The minimum atomic E-state index is -0.347. The Hall–Kier alpha value is -0.800.